The molecule has 0 amide bonds. The van der Waals surface area contributed by atoms with Gasteiger partial charge in [-0.2, -0.15) is 8.78 Å². The number of nitrogens with zero attached hydrogens (tertiary/aromatic N) is 4. The number of alkyl halides is 2. The van der Waals surface area contributed by atoms with E-state index in [4.69, 9.17) is 11.6 Å². The van der Waals surface area contributed by atoms with E-state index in [1.807, 2.05) is 38.1 Å². The minimum absolute atomic E-state index is 0.125. The van der Waals surface area contributed by atoms with E-state index in [1.165, 1.54) is 24.2 Å². The number of thioether (sulfide) groups is 1. The molecular weight excluding hydrogens is 442 g/mol. The van der Waals surface area contributed by atoms with Crippen LogP contribution in [0.5, 0.6) is 0 Å². The van der Waals surface area contributed by atoms with Crippen molar-refractivity contribution < 1.29 is 8.78 Å². The first-order valence-corrected chi connectivity index (χ1v) is 11.0. The van der Waals surface area contributed by atoms with Crippen LogP contribution in [0.4, 0.5) is 8.78 Å². The summed E-state index contributed by atoms with van der Waals surface area (Å²) in [5, 5.41) is 1.28. The minimum Gasteiger partial charge on any atom is -0.277 e. The number of hydrogen-bond donors (Lipinski definition) is 0. The van der Waals surface area contributed by atoms with Crippen LogP contribution < -0.4 is 5.56 Å². The summed E-state index contributed by atoms with van der Waals surface area (Å²) >= 11 is 7.29. The number of benzene rings is 2. The summed E-state index contributed by atoms with van der Waals surface area (Å²) < 4.78 is 28.8. The molecule has 0 saturated carbocycles. The van der Waals surface area contributed by atoms with Crippen LogP contribution >= 0.6 is 23.4 Å². The molecule has 0 aliphatic carbocycles. The zero-order chi connectivity index (χ0) is 22.1. The van der Waals surface area contributed by atoms with Crippen LogP contribution in [0.25, 0.3) is 16.6 Å². The largest absolute Gasteiger partial charge is 0.319 e. The molecule has 0 aliphatic heterocycles. The van der Waals surface area contributed by atoms with Crippen LogP contribution in [-0.2, 0) is 5.75 Å². The Balaban J connectivity index is 1.90. The molecule has 160 valence electrons. The van der Waals surface area contributed by atoms with Gasteiger partial charge in [0.05, 0.1) is 22.3 Å². The second-order valence-corrected chi connectivity index (χ2v) is 8.61. The zero-order valence-corrected chi connectivity index (χ0v) is 18.4. The van der Waals surface area contributed by atoms with Gasteiger partial charge in [0.1, 0.15) is 5.82 Å². The number of aromatic nitrogens is 4. The molecular formula is C22H19ClF2N4OS. The second kappa shape index (κ2) is 8.80. The van der Waals surface area contributed by atoms with E-state index in [-0.39, 0.29) is 23.1 Å². The molecule has 31 heavy (non-hydrogen) atoms. The fraction of sp³-hybridized carbons (Fsp3) is 0.227. The van der Waals surface area contributed by atoms with Gasteiger partial charge in [-0.25, -0.2) is 9.97 Å². The highest BCUT2D eigenvalue weighted by Gasteiger charge is 2.19. The molecule has 2 aromatic heterocycles. The highest BCUT2D eigenvalue weighted by Crippen LogP contribution is 2.29. The normalized spacial score (nSPS) is 11.7. The Morgan fingerprint density at radius 2 is 1.94 bits per heavy atom. The number of hydrogen-bond acceptors (Lipinski definition) is 4. The van der Waals surface area contributed by atoms with E-state index in [0.717, 1.165) is 10.1 Å². The van der Waals surface area contributed by atoms with Crippen molar-refractivity contribution in [1.82, 2.24) is 19.1 Å². The van der Waals surface area contributed by atoms with Gasteiger partial charge < -0.3 is 0 Å². The van der Waals surface area contributed by atoms with Crippen LogP contribution in [0.2, 0.25) is 5.02 Å². The minimum atomic E-state index is -2.69. The van der Waals surface area contributed by atoms with E-state index < -0.39 is 6.55 Å². The SMILES string of the molecule is CC(C)c1ccccc1-n1c(SCc2nccn2C(F)F)nc2cc(Cl)ccc2c1=O. The molecule has 0 saturated heterocycles. The fourth-order valence-electron chi connectivity index (χ4n) is 3.39. The molecule has 0 unspecified atom stereocenters. The van der Waals surface area contributed by atoms with Crippen molar-refractivity contribution in [3.63, 3.8) is 0 Å². The van der Waals surface area contributed by atoms with Gasteiger partial charge in [0, 0.05) is 17.4 Å². The standard InChI is InChI=1S/C22H19ClF2N4OS/c1-13(2)15-5-3-4-6-18(15)29-20(30)16-8-7-14(23)11-17(16)27-22(29)31-12-19-26-9-10-28(19)21(24)25/h3-11,13,21H,12H2,1-2H3. The third-order valence-electron chi connectivity index (χ3n) is 4.89. The molecule has 2 aromatic carbocycles. The van der Waals surface area contributed by atoms with Gasteiger partial charge in [0.15, 0.2) is 5.16 Å². The van der Waals surface area contributed by atoms with Crippen molar-refractivity contribution in [3.05, 3.63) is 81.6 Å². The molecule has 9 heteroatoms. The predicted molar refractivity (Wildman–Crippen MR) is 119 cm³/mol. The number of para-hydroxylation sites is 1. The molecule has 2 heterocycles. The Hall–Kier alpha value is -2.71. The highest BCUT2D eigenvalue weighted by molar-refractivity contribution is 7.98. The first-order valence-electron chi connectivity index (χ1n) is 9.61. The molecule has 0 radical (unpaired) electrons. The van der Waals surface area contributed by atoms with Crippen molar-refractivity contribution in [2.75, 3.05) is 0 Å². The van der Waals surface area contributed by atoms with Crippen LogP contribution in [0, 0.1) is 0 Å². The van der Waals surface area contributed by atoms with Gasteiger partial charge in [0.2, 0.25) is 0 Å². The van der Waals surface area contributed by atoms with E-state index in [1.54, 1.807) is 22.8 Å². The molecule has 0 aliphatic rings. The first-order chi connectivity index (χ1) is 14.9. The Kier molecular flexibility index (Phi) is 6.11. The second-order valence-electron chi connectivity index (χ2n) is 7.23. The smallest absolute Gasteiger partial charge is 0.277 e. The Bertz CT molecular complexity index is 1300. The van der Waals surface area contributed by atoms with Crippen molar-refractivity contribution in [1.29, 1.82) is 0 Å². The van der Waals surface area contributed by atoms with Gasteiger partial charge in [-0.05, 0) is 35.7 Å². The van der Waals surface area contributed by atoms with Crippen molar-refractivity contribution in [2.24, 2.45) is 0 Å². The summed E-state index contributed by atoms with van der Waals surface area (Å²) in [5.41, 5.74) is 1.91. The average molecular weight is 461 g/mol. The molecule has 0 bridgehead atoms. The van der Waals surface area contributed by atoms with E-state index in [2.05, 4.69) is 9.97 Å². The lowest BCUT2D eigenvalue weighted by Crippen LogP contribution is -2.23. The Morgan fingerprint density at radius 1 is 1.16 bits per heavy atom. The van der Waals surface area contributed by atoms with Gasteiger partial charge in [-0.1, -0.05) is 55.4 Å². The number of fused-ring (bicyclic) bond motifs is 1. The van der Waals surface area contributed by atoms with Gasteiger partial charge in [0.25, 0.3) is 5.56 Å². The summed E-state index contributed by atoms with van der Waals surface area (Å²) in [6.45, 7) is 1.40. The van der Waals surface area contributed by atoms with Crippen molar-refractivity contribution >= 4 is 34.3 Å². The fourth-order valence-corrected chi connectivity index (χ4v) is 4.51. The quantitative estimate of drug-likeness (QED) is 0.260. The summed E-state index contributed by atoms with van der Waals surface area (Å²) in [7, 11) is 0. The van der Waals surface area contributed by atoms with E-state index >= 15 is 0 Å². The monoisotopic (exact) mass is 460 g/mol. The van der Waals surface area contributed by atoms with E-state index in [0.29, 0.717) is 26.8 Å². The zero-order valence-electron chi connectivity index (χ0n) is 16.8. The summed E-state index contributed by atoms with van der Waals surface area (Å²) in [5.74, 6) is 0.489. The van der Waals surface area contributed by atoms with Crippen LogP contribution in [-0.4, -0.2) is 19.1 Å². The summed E-state index contributed by atoms with van der Waals surface area (Å²) in [4.78, 5) is 22.2. The molecule has 4 aromatic rings. The average Bonchev–Trinajstić information content (AvgIpc) is 3.21. The van der Waals surface area contributed by atoms with Crippen LogP contribution in [0.1, 0.15) is 37.7 Å². The first kappa shape index (κ1) is 21.5. The third-order valence-corrected chi connectivity index (χ3v) is 6.06. The summed E-state index contributed by atoms with van der Waals surface area (Å²) in [6, 6.07) is 12.5. The van der Waals surface area contributed by atoms with Crippen molar-refractivity contribution in [3.8, 4) is 5.69 Å². The van der Waals surface area contributed by atoms with Gasteiger partial charge >= 0.3 is 6.55 Å². The number of rotatable bonds is 6. The molecule has 0 atom stereocenters. The Morgan fingerprint density at radius 3 is 2.68 bits per heavy atom. The van der Waals surface area contributed by atoms with Crippen LogP contribution in [0.15, 0.2) is 64.8 Å². The Labute approximate surface area is 186 Å². The molecule has 5 nitrogen and oxygen atoms in total. The van der Waals surface area contributed by atoms with Crippen LogP contribution in [0.3, 0.4) is 0 Å². The number of imidazole rings is 1. The van der Waals surface area contributed by atoms with Gasteiger partial charge in [-0.15, -0.1) is 0 Å². The maximum atomic E-state index is 13.5. The van der Waals surface area contributed by atoms with Gasteiger partial charge in [-0.3, -0.25) is 13.9 Å². The lowest BCUT2D eigenvalue weighted by atomic mass is 10.0. The molecule has 0 fully saturated rings. The molecule has 0 N–H and O–H groups in total. The number of halogens is 3. The maximum absolute atomic E-state index is 13.5. The lowest BCUT2D eigenvalue weighted by Gasteiger charge is -2.18. The maximum Gasteiger partial charge on any atom is 0.319 e. The highest BCUT2D eigenvalue weighted by atomic mass is 35.5. The topological polar surface area (TPSA) is 52.7 Å². The third kappa shape index (κ3) is 4.22. The molecule has 0 spiro atoms. The predicted octanol–water partition coefficient (Wildman–Crippen LogP) is 6.05. The molecule has 4 rings (SSSR count). The van der Waals surface area contributed by atoms with Crippen molar-refractivity contribution in [2.45, 2.75) is 37.2 Å². The lowest BCUT2D eigenvalue weighted by molar-refractivity contribution is 0.0678. The summed E-state index contributed by atoms with van der Waals surface area (Å²) in [6.07, 6.45) is 2.56. The van der Waals surface area contributed by atoms with E-state index in [9.17, 15) is 13.6 Å².